The zero-order valence-corrected chi connectivity index (χ0v) is 24.2. The van der Waals surface area contributed by atoms with Gasteiger partial charge < -0.3 is 14.2 Å². The Labute approximate surface area is 240 Å². The first-order valence-corrected chi connectivity index (χ1v) is 14.7. The maximum atomic E-state index is 14.1. The van der Waals surface area contributed by atoms with Crippen molar-refractivity contribution in [3.63, 3.8) is 0 Å². The Bertz CT molecular complexity index is 1760. The van der Waals surface area contributed by atoms with Crippen molar-refractivity contribution < 1.29 is 19.0 Å². The minimum atomic E-state index is -0.721. The molecular weight excluding hydrogens is 544 g/mol. The maximum absolute atomic E-state index is 14.1. The third-order valence-corrected chi connectivity index (χ3v) is 8.26. The molecule has 1 aliphatic rings. The average molecular weight is 573 g/mol. The van der Waals surface area contributed by atoms with Crippen molar-refractivity contribution in [2.24, 2.45) is 4.99 Å². The summed E-state index contributed by atoms with van der Waals surface area (Å²) in [7, 11) is 3.16. The van der Waals surface area contributed by atoms with Gasteiger partial charge in [0.25, 0.3) is 5.56 Å². The van der Waals surface area contributed by atoms with E-state index in [9.17, 15) is 9.59 Å². The van der Waals surface area contributed by atoms with Gasteiger partial charge in [-0.25, -0.2) is 9.79 Å². The fourth-order valence-electron chi connectivity index (χ4n) is 4.62. The maximum Gasteiger partial charge on any atom is 0.338 e. The molecule has 0 fully saturated rings. The molecule has 0 unspecified atom stereocenters. The predicted octanol–water partition coefficient (Wildman–Crippen LogP) is 4.67. The lowest BCUT2D eigenvalue weighted by molar-refractivity contribution is -0.138. The normalized spacial score (nSPS) is 14.9. The average Bonchev–Trinajstić information content (AvgIpc) is 3.31. The smallest absolute Gasteiger partial charge is 0.338 e. The second-order valence-corrected chi connectivity index (χ2v) is 10.7. The van der Waals surface area contributed by atoms with E-state index in [2.05, 4.69) is 0 Å². The van der Waals surface area contributed by atoms with E-state index in [0.717, 1.165) is 21.6 Å². The summed E-state index contributed by atoms with van der Waals surface area (Å²) in [6.07, 6.45) is 3.79. The number of esters is 1. The Morgan fingerprint density at radius 3 is 2.45 bits per heavy atom. The second kappa shape index (κ2) is 12.0. The van der Waals surface area contributed by atoms with Gasteiger partial charge in [-0.3, -0.25) is 9.36 Å². The molecule has 1 aromatic heterocycles. The van der Waals surface area contributed by atoms with Gasteiger partial charge in [0.2, 0.25) is 0 Å². The number of thiazole rings is 1. The summed E-state index contributed by atoms with van der Waals surface area (Å²) in [4.78, 5) is 34.1. The summed E-state index contributed by atoms with van der Waals surface area (Å²) >= 11 is 2.89. The second-order valence-electron chi connectivity index (χ2n) is 8.81. The van der Waals surface area contributed by atoms with Crippen LogP contribution in [0, 0.1) is 0 Å². The molecule has 0 amide bonds. The van der Waals surface area contributed by atoms with E-state index in [4.69, 9.17) is 19.2 Å². The van der Waals surface area contributed by atoms with Crippen molar-refractivity contribution >= 4 is 40.8 Å². The number of methoxy groups -OCH3 is 2. The van der Waals surface area contributed by atoms with E-state index in [0.29, 0.717) is 32.1 Å². The molecule has 4 aromatic rings. The van der Waals surface area contributed by atoms with Crippen LogP contribution in [0.2, 0.25) is 0 Å². The predicted molar refractivity (Wildman–Crippen MR) is 159 cm³/mol. The molecule has 0 radical (unpaired) electrons. The molecule has 9 heteroatoms. The van der Waals surface area contributed by atoms with Gasteiger partial charge in [0.15, 0.2) is 4.80 Å². The molecule has 0 aliphatic carbocycles. The quantitative estimate of drug-likeness (QED) is 0.226. The number of fused-ring (bicyclic) bond motifs is 1. The standard InChI is InChI=1S/C31H28N2O5S2/c1-5-38-30(35)26-27(19-9-7-6-8-10-19)32-31-33(28(26)20-12-15-23(39-4)16-13-20)29(34)25(40-31)17-21-11-14-22(36-2)18-24(21)37-3/h6-18,28H,5H2,1-4H3/b25-17-/t28-/m0/s1. The Balaban J connectivity index is 1.81. The van der Waals surface area contributed by atoms with Crippen LogP contribution < -0.4 is 24.4 Å². The molecule has 204 valence electrons. The number of hydrogen-bond donors (Lipinski definition) is 0. The minimum absolute atomic E-state index is 0.199. The van der Waals surface area contributed by atoms with Crippen molar-refractivity contribution in [2.75, 3.05) is 27.1 Å². The molecule has 0 saturated carbocycles. The molecule has 3 aromatic carbocycles. The minimum Gasteiger partial charge on any atom is -0.497 e. The summed E-state index contributed by atoms with van der Waals surface area (Å²) in [6.45, 7) is 1.96. The summed E-state index contributed by atoms with van der Waals surface area (Å²) in [5, 5.41) is 0. The molecule has 0 bridgehead atoms. The first-order chi connectivity index (χ1) is 19.5. The van der Waals surface area contributed by atoms with Crippen LogP contribution in [0.3, 0.4) is 0 Å². The van der Waals surface area contributed by atoms with Crippen LogP contribution in [0.4, 0.5) is 0 Å². The molecule has 2 heterocycles. The first kappa shape index (κ1) is 27.5. The monoisotopic (exact) mass is 572 g/mol. The van der Waals surface area contributed by atoms with E-state index in [1.165, 1.54) is 11.3 Å². The summed E-state index contributed by atoms with van der Waals surface area (Å²) in [6, 6.07) is 22.1. The highest BCUT2D eigenvalue weighted by atomic mass is 32.2. The molecule has 5 rings (SSSR count). The Kier molecular flexibility index (Phi) is 8.23. The van der Waals surface area contributed by atoms with Gasteiger partial charge in [0.1, 0.15) is 11.5 Å². The molecule has 1 aliphatic heterocycles. The van der Waals surface area contributed by atoms with E-state index in [1.54, 1.807) is 49.6 Å². The number of ether oxygens (including phenoxy) is 3. The van der Waals surface area contributed by atoms with Crippen molar-refractivity contribution in [1.82, 2.24) is 4.57 Å². The molecule has 1 atom stereocenters. The van der Waals surface area contributed by atoms with Crippen LogP contribution in [-0.4, -0.2) is 37.6 Å². The van der Waals surface area contributed by atoms with Crippen molar-refractivity contribution in [3.05, 3.63) is 115 Å². The third kappa shape index (κ3) is 5.22. The Hall–Kier alpha value is -4.08. The highest BCUT2D eigenvalue weighted by Crippen LogP contribution is 2.35. The van der Waals surface area contributed by atoms with Crippen LogP contribution in [-0.2, 0) is 9.53 Å². The number of benzene rings is 3. The van der Waals surface area contributed by atoms with Gasteiger partial charge in [-0.05, 0) is 49.1 Å². The van der Waals surface area contributed by atoms with Gasteiger partial charge in [0.05, 0.1) is 42.7 Å². The summed E-state index contributed by atoms with van der Waals surface area (Å²) in [5.41, 5.74) is 2.85. The fourth-order valence-corrected chi connectivity index (χ4v) is 6.02. The number of carbonyl (C=O) groups is 1. The van der Waals surface area contributed by atoms with E-state index >= 15 is 0 Å². The number of nitrogens with zero attached hydrogens (tertiary/aromatic N) is 2. The van der Waals surface area contributed by atoms with Crippen LogP contribution in [0.5, 0.6) is 11.5 Å². The fraction of sp³-hybridized carbons (Fsp3) is 0.194. The lowest BCUT2D eigenvalue weighted by atomic mass is 9.93. The van der Waals surface area contributed by atoms with Crippen LogP contribution in [0.1, 0.15) is 29.7 Å². The zero-order chi connectivity index (χ0) is 28.2. The Morgan fingerprint density at radius 2 is 1.80 bits per heavy atom. The van der Waals surface area contributed by atoms with Crippen molar-refractivity contribution in [1.29, 1.82) is 0 Å². The van der Waals surface area contributed by atoms with Gasteiger partial charge in [-0.2, -0.15) is 0 Å². The SMILES string of the molecule is CCOC(=O)C1=C(c2ccccc2)N=c2s/c(=C\c3ccc(OC)cc3OC)c(=O)n2[C@H]1c1ccc(SC)cc1. The number of aromatic nitrogens is 1. The largest absolute Gasteiger partial charge is 0.497 e. The van der Waals surface area contributed by atoms with Crippen LogP contribution >= 0.6 is 23.1 Å². The van der Waals surface area contributed by atoms with Gasteiger partial charge in [0, 0.05) is 22.1 Å². The lowest BCUT2D eigenvalue weighted by Gasteiger charge is -2.26. The van der Waals surface area contributed by atoms with Gasteiger partial charge in [-0.15, -0.1) is 11.8 Å². The topological polar surface area (TPSA) is 79.1 Å². The van der Waals surface area contributed by atoms with E-state index in [1.807, 2.05) is 73.0 Å². The number of carbonyl (C=O) groups excluding carboxylic acids is 1. The molecule has 7 nitrogen and oxygen atoms in total. The highest BCUT2D eigenvalue weighted by molar-refractivity contribution is 7.98. The summed E-state index contributed by atoms with van der Waals surface area (Å²) < 4.78 is 18.5. The lowest BCUT2D eigenvalue weighted by Crippen LogP contribution is -2.40. The molecule has 0 saturated heterocycles. The number of rotatable bonds is 8. The first-order valence-electron chi connectivity index (χ1n) is 12.6. The third-order valence-electron chi connectivity index (χ3n) is 6.53. The van der Waals surface area contributed by atoms with Gasteiger partial charge >= 0.3 is 5.97 Å². The van der Waals surface area contributed by atoms with Gasteiger partial charge in [-0.1, -0.05) is 53.8 Å². The van der Waals surface area contributed by atoms with Crippen LogP contribution in [0.15, 0.2) is 93.1 Å². The molecule has 40 heavy (non-hydrogen) atoms. The molecular formula is C31H28N2O5S2. The summed E-state index contributed by atoms with van der Waals surface area (Å²) in [5.74, 6) is 0.720. The molecule has 0 N–H and O–H groups in total. The highest BCUT2D eigenvalue weighted by Gasteiger charge is 2.35. The van der Waals surface area contributed by atoms with Crippen molar-refractivity contribution in [3.8, 4) is 11.5 Å². The number of hydrogen-bond acceptors (Lipinski definition) is 8. The van der Waals surface area contributed by atoms with E-state index < -0.39 is 12.0 Å². The van der Waals surface area contributed by atoms with E-state index in [-0.39, 0.29) is 12.2 Å². The zero-order valence-electron chi connectivity index (χ0n) is 22.5. The molecule has 0 spiro atoms. The Morgan fingerprint density at radius 1 is 1.05 bits per heavy atom. The van der Waals surface area contributed by atoms with Crippen molar-refractivity contribution in [2.45, 2.75) is 17.9 Å². The number of thioether (sulfide) groups is 1. The van der Waals surface area contributed by atoms with Crippen LogP contribution in [0.25, 0.3) is 11.8 Å².